The van der Waals surface area contributed by atoms with Crippen LogP contribution < -0.4 is 5.32 Å². The summed E-state index contributed by atoms with van der Waals surface area (Å²) in [6.45, 7) is 2.69. The van der Waals surface area contributed by atoms with Crippen molar-refractivity contribution in [1.29, 1.82) is 0 Å². The van der Waals surface area contributed by atoms with Crippen molar-refractivity contribution < 1.29 is 5.11 Å². The lowest BCUT2D eigenvalue weighted by Gasteiger charge is -1.98. The third kappa shape index (κ3) is 1.58. The maximum atomic E-state index is 8.85. The molecular weight excluding hydrogens is 130 g/mol. The van der Waals surface area contributed by atoms with Crippen LogP contribution in [0.5, 0.6) is 5.88 Å². The number of hydrogen-bond donors (Lipinski definition) is 2. The van der Waals surface area contributed by atoms with Crippen LogP contribution in [0.4, 0.5) is 5.95 Å². The molecule has 0 saturated carbocycles. The minimum absolute atomic E-state index is 0.00838. The van der Waals surface area contributed by atoms with Crippen LogP contribution in [0, 0.1) is 0 Å². The second-order valence-electron chi connectivity index (χ2n) is 1.77. The molecule has 0 aliphatic rings. The minimum atomic E-state index is -0.00838. The number of nitrogens with zero attached hydrogens (tertiary/aromatic N) is 2. The zero-order valence-corrected chi connectivity index (χ0v) is 5.70. The summed E-state index contributed by atoms with van der Waals surface area (Å²) in [4.78, 5) is 7.54. The molecule has 0 aromatic carbocycles. The molecule has 54 valence electrons. The van der Waals surface area contributed by atoms with Gasteiger partial charge in [0, 0.05) is 18.8 Å². The summed E-state index contributed by atoms with van der Waals surface area (Å²) in [6.07, 6.45) is 1.50. The second kappa shape index (κ2) is 3.00. The summed E-state index contributed by atoms with van der Waals surface area (Å²) in [6, 6.07) is 1.43. The summed E-state index contributed by atoms with van der Waals surface area (Å²) in [5.41, 5.74) is 0. The van der Waals surface area contributed by atoms with E-state index in [1.54, 1.807) is 0 Å². The molecule has 0 bridgehead atoms. The van der Waals surface area contributed by atoms with Crippen molar-refractivity contribution in [2.45, 2.75) is 6.92 Å². The SMILES string of the molecule is CCNc1nccc(O)n1. The number of nitrogens with one attached hydrogen (secondary N) is 1. The van der Waals surface area contributed by atoms with Gasteiger partial charge < -0.3 is 10.4 Å². The van der Waals surface area contributed by atoms with E-state index >= 15 is 0 Å². The van der Waals surface area contributed by atoms with Crippen molar-refractivity contribution in [3.05, 3.63) is 12.3 Å². The van der Waals surface area contributed by atoms with Crippen LogP contribution in [0.3, 0.4) is 0 Å². The molecule has 0 aliphatic carbocycles. The van der Waals surface area contributed by atoms with E-state index in [-0.39, 0.29) is 5.88 Å². The largest absolute Gasteiger partial charge is 0.493 e. The highest BCUT2D eigenvalue weighted by molar-refractivity contribution is 5.26. The molecule has 0 atom stereocenters. The summed E-state index contributed by atoms with van der Waals surface area (Å²) in [5, 5.41) is 11.7. The highest BCUT2D eigenvalue weighted by Gasteiger charge is 1.92. The highest BCUT2D eigenvalue weighted by Crippen LogP contribution is 2.03. The predicted molar refractivity (Wildman–Crippen MR) is 37.9 cm³/mol. The quantitative estimate of drug-likeness (QED) is 0.630. The van der Waals surface area contributed by atoms with E-state index in [2.05, 4.69) is 15.3 Å². The summed E-state index contributed by atoms with van der Waals surface area (Å²) >= 11 is 0. The first kappa shape index (κ1) is 6.80. The van der Waals surface area contributed by atoms with Gasteiger partial charge in [-0.15, -0.1) is 0 Å². The smallest absolute Gasteiger partial charge is 0.225 e. The molecule has 0 fully saturated rings. The maximum Gasteiger partial charge on any atom is 0.225 e. The summed E-state index contributed by atoms with van der Waals surface area (Å²) in [7, 11) is 0. The molecule has 0 radical (unpaired) electrons. The van der Waals surface area contributed by atoms with Crippen molar-refractivity contribution in [3.8, 4) is 5.88 Å². The average Bonchev–Trinajstić information content (AvgIpc) is 1.88. The van der Waals surface area contributed by atoms with E-state index in [0.717, 1.165) is 6.54 Å². The Morgan fingerprint density at radius 1 is 1.70 bits per heavy atom. The van der Waals surface area contributed by atoms with Crippen molar-refractivity contribution in [1.82, 2.24) is 9.97 Å². The molecule has 0 aliphatic heterocycles. The molecule has 10 heavy (non-hydrogen) atoms. The van der Waals surface area contributed by atoms with Gasteiger partial charge in [0.15, 0.2) is 0 Å². The van der Waals surface area contributed by atoms with Gasteiger partial charge >= 0.3 is 0 Å². The van der Waals surface area contributed by atoms with Crippen molar-refractivity contribution in [2.24, 2.45) is 0 Å². The summed E-state index contributed by atoms with van der Waals surface area (Å²) < 4.78 is 0. The number of hydrogen-bond acceptors (Lipinski definition) is 4. The van der Waals surface area contributed by atoms with Crippen LogP contribution in [-0.2, 0) is 0 Å². The standard InChI is InChI=1S/C6H9N3O/c1-2-7-6-8-4-3-5(10)9-6/h3-4H,2H2,1H3,(H2,7,8,9,10). The Morgan fingerprint density at radius 3 is 3.10 bits per heavy atom. The van der Waals surface area contributed by atoms with E-state index in [9.17, 15) is 0 Å². The van der Waals surface area contributed by atoms with Gasteiger partial charge in [-0.1, -0.05) is 0 Å². The molecule has 0 spiro atoms. The number of rotatable bonds is 2. The molecule has 0 saturated heterocycles. The molecule has 1 aromatic rings. The third-order valence-electron chi connectivity index (χ3n) is 0.976. The van der Waals surface area contributed by atoms with Gasteiger partial charge in [-0.3, -0.25) is 0 Å². The fourth-order valence-corrected chi connectivity index (χ4v) is 0.592. The van der Waals surface area contributed by atoms with Crippen LogP contribution >= 0.6 is 0 Å². The fraction of sp³-hybridized carbons (Fsp3) is 0.333. The van der Waals surface area contributed by atoms with Gasteiger partial charge in [0.25, 0.3) is 0 Å². The maximum absolute atomic E-state index is 8.85. The third-order valence-corrected chi connectivity index (χ3v) is 0.976. The zero-order chi connectivity index (χ0) is 7.40. The Labute approximate surface area is 58.9 Å². The monoisotopic (exact) mass is 139 g/mol. The van der Waals surface area contributed by atoms with E-state index in [0.29, 0.717) is 5.95 Å². The van der Waals surface area contributed by atoms with E-state index in [1.165, 1.54) is 12.3 Å². The Balaban J connectivity index is 2.75. The van der Waals surface area contributed by atoms with E-state index < -0.39 is 0 Å². The molecule has 1 aromatic heterocycles. The second-order valence-corrected chi connectivity index (χ2v) is 1.77. The molecule has 1 heterocycles. The average molecular weight is 139 g/mol. The van der Waals surface area contributed by atoms with E-state index in [4.69, 9.17) is 5.11 Å². The fourth-order valence-electron chi connectivity index (χ4n) is 0.592. The highest BCUT2D eigenvalue weighted by atomic mass is 16.3. The van der Waals surface area contributed by atoms with Gasteiger partial charge in [0.05, 0.1) is 0 Å². The Morgan fingerprint density at radius 2 is 2.50 bits per heavy atom. The molecule has 0 amide bonds. The van der Waals surface area contributed by atoms with Crippen molar-refractivity contribution >= 4 is 5.95 Å². The number of aromatic hydroxyl groups is 1. The topological polar surface area (TPSA) is 58.0 Å². The predicted octanol–water partition coefficient (Wildman–Crippen LogP) is 0.614. The van der Waals surface area contributed by atoms with Crippen LogP contribution in [0.25, 0.3) is 0 Å². The molecule has 0 unspecified atom stereocenters. The molecule has 1 rings (SSSR count). The van der Waals surface area contributed by atoms with Crippen LogP contribution in [0.15, 0.2) is 12.3 Å². The van der Waals surface area contributed by atoms with Gasteiger partial charge in [-0.05, 0) is 6.92 Å². The summed E-state index contributed by atoms with van der Waals surface area (Å²) in [5.74, 6) is 0.452. The first-order valence-corrected chi connectivity index (χ1v) is 3.09. The number of aromatic nitrogens is 2. The van der Waals surface area contributed by atoms with Crippen LogP contribution in [-0.4, -0.2) is 21.6 Å². The molecule has 2 N–H and O–H groups in total. The number of anilines is 1. The van der Waals surface area contributed by atoms with E-state index in [1.807, 2.05) is 6.92 Å². The Bertz CT molecular complexity index is 214. The minimum Gasteiger partial charge on any atom is -0.493 e. The zero-order valence-electron chi connectivity index (χ0n) is 5.70. The Kier molecular flexibility index (Phi) is 2.04. The van der Waals surface area contributed by atoms with Gasteiger partial charge in [-0.25, -0.2) is 4.98 Å². The first-order chi connectivity index (χ1) is 4.83. The van der Waals surface area contributed by atoms with Gasteiger partial charge in [-0.2, -0.15) is 4.98 Å². The molecule has 4 heteroatoms. The lowest BCUT2D eigenvalue weighted by molar-refractivity contribution is 0.453. The van der Waals surface area contributed by atoms with Crippen LogP contribution in [0.2, 0.25) is 0 Å². The van der Waals surface area contributed by atoms with Crippen LogP contribution in [0.1, 0.15) is 6.92 Å². The first-order valence-electron chi connectivity index (χ1n) is 3.09. The lowest BCUT2D eigenvalue weighted by atomic mass is 10.6. The lowest BCUT2D eigenvalue weighted by Crippen LogP contribution is -2.00. The van der Waals surface area contributed by atoms with Crippen molar-refractivity contribution in [3.63, 3.8) is 0 Å². The van der Waals surface area contributed by atoms with Gasteiger partial charge in [0.1, 0.15) is 0 Å². The molecule has 4 nitrogen and oxygen atoms in total. The normalized spacial score (nSPS) is 9.30. The Hall–Kier alpha value is -1.32. The van der Waals surface area contributed by atoms with Gasteiger partial charge in [0.2, 0.25) is 11.8 Å². The molecular formula is C6H9N3O. The van der Waals surface area contributed by atoms with Crippen molar-refractivity contribution in [2.75, 3.05) is 11.9 Å².